The molecule has 1 saturated heterocycles. The number of benzene rings is 1. The van der Waals surface area contributed by atoms with Crippen molar-refractivity contribution in [3.05, 3.63) is 41.5 Å². The number of hydrogen-bond acceptors (Lipinski definition) is 3. The second kappa shape index (κ2) is 11.4. The minimum Gasteiger partial charge on any atom is -0.393 e. The molecule has 0 amide bonds. The Hall–Kier alpha value is -1.32. The monoisotopic (exact) mass is 507 g/mol. The van der Waals surface area contributed by atoms with Crippen LogP contribution < -0.4 is 4.90 Å². The fraction of sp³-hybridized carbons (Fsp3) is 0.765. The van der Waals surface area contributed by atoms with E-state index in [1.165, 1.54) is 81.0 Å². The molecule has 3 nitrogen and oxygen atoms in total. The first kappa shape index (κ1) is 27.3. The summed E-state index contributed by atoms with van der Waals surface area (Å²) >= 11 is 0. The number of rotatable bonds is 9. The molecule has 2 aliphatic heterocycles. The van der Waals surface area contributed by atoms with E-state index in [1.807, 2.05) is 0 Å². The minimum atomic E-state index is -0.0565. The topological polar surface area (TPSA) is 32.7 Å². The van der Waals surface area contributed by atoms with Gasteiger partial charge in [-0.2, -0.15) is 0 Å². The normalized spacial score (nSPS) is 35.0. The lowest BCUT2D eigenvalue weighted by molar-refractivity contribution is 0.0499. The van der Waals surface area contributed by atoms with Crippen LogP contribution in [0.4, 0.5) is 5.69 Å². The third kappa shape index (κ3) is 5.42. The molecule has 1 aromatic rings. The lowest BCUT2D eigenvalue weighted by Crippen LogP contribution is -2.47. The highest BCUT2D eigenvalue weighted by atomic mass is 16.5. The second-order valence-electron chi connectivity index (χ2n) is 13.5. The van der Waals surface area contributed by atoms with Gasteiger partial charge in [-0.05, 0) is 110 Å². The number of aliphatic hydroxyl groups is 1. The average Bonchev–Trinajstić information content (AvgIpc) is 3.45. The van der Waals surface area contributed by atoms with E-state index < -0.39 is 0 Å². The molecular weight excluding hydrogens is 454 g/mol. The summed E-state index contributed by atoms with van der Waals surface area (Å²) in [5.74, 6) is 3.18. The second-order valence-corrected chi connectivity index (χ2v) is 13.5. The average molecular weight is 508 g/mol. The van der Waals surface area contributed by atoms with Gasteiger partial charge in [-0.15, -0.1) is 0 Å². The summed E-state index contributed by atoms with van der Waals surface area (Å²) in [4.78, 5) is 2.60. The number of ether oxygens (including phenoxy) is 1. The van der Waals surface area contributed by atoms with Crippen molar-refractivity contribution in [1.29, 1.82) is 0 Å². The molecule has 5 rings (SSSR count). The molecule has 37 heavy (non-hydrogen) atoms. The van der Waals surface area contributed by atoms with Crippen LogP contribution in [0.5, 0.6) is 0 Å². The van der Waals surface area contributed by atoms with Crippen molar-refractivity contribution in [3.8, 4) is 0 Å². The molecule has 1 N–H and O–H groups in total. The molecule has 0 aromatic heterocycles. The summed E-state index contributed by atoms with van der Waals surface area (Å²) in [5.41, 5.74) is 6.23. The maximum Gasteiger partial charge on any atom is 0.0573 e. The van der Waals surface area contributed by atoms with Crippen molar-refractivity contribution in [2.75, 3.05) is 25.2 Å². The van der Waals surface area contributed by atoms with Gasteiger partial charge < -0.3 is 14.7 Å². The van der Waals surface area contributed by atoms with Crippen molar-refractivity contribution in [1.82, 2.24) is 0 Å². The number of anilines is 1. The van der Waals surface area contributed by atoms with Crippen molar-refractivity contribution in [2.24, 2.45) is 29.1 Å². The lowest BCUT2D eigenvalue weighted by Gasteiger charge is -2.50. The van der Waals surface area contributed by atoms with E-state index in [0.29, 0.717) is 23.8 Å². The van der Waals surface area contributed by atoms with E-state index in [4.69, 9.17) is 11.3 Å². The maximum atomic E-state index is 10.5. The standard InChI is InChI=1S/C34H53NO2/c1-6-24-11-12-29-30(21-24)35(5)33-23(3)28(20-26-14-17-37-18-15-26)22-34(4,32(29)33)16-13-25(7-2)19-27-9-8-10-31(27)36/h11-12,21,25-28,31-33,36H,3,6-10,13-20,22H2,1-2,4-5H3. The Balaban J connectivity index is 1.40. The Labute approximate surface area is 227 Å². The molecule has 7 atom stereocenters. The van der Waals surface area contributed by atoms with E-state index in [1.54, 1.807) is 5.56 Å². The van der Waals surface area contributed by atoms with Crippen LogP contribution in [0.1, 0.15) is 108 Å². The number of nitrogens with zero attached hydrogens (tertiary/aromatic N) is 1. The fourth-order valence-corrected chi connectivity index (χ4v) is 8.82. The van der Waals surface area contributed by atoms with Crippen LogP contribution in [0, 0.1) is 29.1 Å². The van der Waals surface area contributed by atoms with Gasteiger partial charge in [0.1, 0.15) is 0 Å². The summed E-state index contributed by atoms with van der Waals surface area (Å²) < 4.78 is 5.70. The first-order valence-corrected chi connectivity index (χ1v) is 15.6. The predicted molar refractivity (Wildman–Crippen MR) is 155 cm³/mol. The van der Waals surface area contributed by atoms with Gasteiger partial charge in [0.15, 0.2) is 0 Å². The predicted octanol–water partition coefficient (Wildman–Crippen LogP) is 7.91. The number of fused-ring (bicyclic) bond motifs is 3. The zero-order valence-electron chi connectivity index (χ0n) is 24.2. The SMILES string of the molecule is C=C1C(CC2CCOCC2)CC(C)(CCC(CC)CC2CCCC2O)C2c3ccc(CC)cc3N(C)C12. The smallest absolute Gasteiger partial charge is 0.0573 e. The summed E-state index contributed by atoms with van der Waals surface area (Å²) in [7, 11) is 2.34. The lowest BCUT2D eigenvalue weighted by atomic mass is 9.56. The third-order valence-electron chi connectivity index (χ3n) is 11.2. The number of likely N-dealkylation sites (N-methyl/N-ethyl adjacent to an activating group) is 1. The Bertz CT molecular complexity index is 936. The van der Waals surface area contributed by atoms with Gasteiger partial charge in [0.05, 0.1) is 12.1 Å². The fourth-order valence-electron chi connectivity index (χ4n) is 8.82. The van der Waals surface area contributed by atoms with Gasteiger partial charge in [0, 0.05) is 31.9 Å². The van der Waals surface area contributed by atoms with Crippen LogP contribution in [0.15, 0.2) is 30.4 Å². The van der Waals surface area contributed by atoms with Crippen molar-refractivity contribution in [3.63, 3.8) is 0 Å². The molecular formula is C34H53NO2. The van der Waals surface area contributed by atoms with Gasteiger partial charge in [-0.1, -0.05) is 57.9 Å². The van der Waals surface area contributed by atoms with E-state index >= 15 is 0 Å². The summed E-state index contributed by atoms with van der Waals surface area (Å²) in [5, 5.41) is 10.5. The van der Waals surface area contributed by atoms with Gasteiger partial charge in [-0.25, -0.2) is 0 Å². The largest absolute Gasteiger partial charge is 0.393 e. The summed E-state index contributed by atoms with van der Waals surface area (Å²) in [6, 6.07) is 7.72. The first-order chi connectivity index (χ1) is 17.8. The van der Waals surface area contributed by atoms with Crippen LogP contribution in [-0.2, 0) is 11.2 Å². The molecule has 0 spiro atoms. The van der Waals surface area contributed by atoms with E-state index in [0.717, 1.165) is 37.9 Å². The molecule has 2 saturated carbocycles. The highest BCUT2D eigenvalue weighted by Crippen LogP contribution is 2.61. The molecule has 3 fully saturated rings. The third-order valence-corrected chi connectivity index (χ3v) is 11.2. The van der Waals surface area contributed by atoms with Crippen molar-refractivity contribution in [2.45, 2.75) is 116 Å². The van der Waals surface area contributed by atoms with Crippen LogP contribution >= 0.6 is 0 Å². The molecule has 206 valence electrons. The van der Waals surface area contributed by atoms with Crippen LogP contribution in [0.25, 0.3) is 0 Å². The molecule has 7 unspecified atom stereocenters. The Morgan fingerprint density at radius 3 is 2.62 bits per heavy atom. The summed E-state index contributed by atoms with van der Waals surface area (Å²) in [6.07, 6.45) is 14.5. The van der Waals surface area contributed by atoms with Crippen molar-refractivity contribution >= 4 is 5.69 Å². The molecule has 1 aromatic carbocycles. The van der Waals surface area contributed by atoms with Crippen LogP contribution in [0.2, 0.25) is 0 Å². The van der Waals surface area contributed by atoms with Gasteiger partial charge in [-0.3, -0.25) is 0 Å². The Morgan fingerprint density at radius 2 is 1.95 bits per heavy atom. The molecule has 3 heteroatoms. The zero-order valence-corrected chi connectivity index (χ0v) is 24.2. The van der Waals surface area contributed by atoms with E-state index in [2.05, 4.69) is 50.9 Å². The Kier molecular flexibility index (Phi) is 8.42. The maximum absolute atomic E-state index is 10.5. The molecule has 4 aliphatic rings. The van der Waals surface area contributed by atoms with Gasteiger partial charge in [0.2, 0.25) is 0 Å². The highest BCUT2D eigenvalue weighted by molar-refractivity contribution is 5.66. The Morgan fingerprint density at radius 1 is 1.16 bits per heavy atom. The van der Waals surface area contributed by atoms with E-state index in [9.17, 15) is 5.11 Å². The van der Waals surface area contributed by atoms with Gasteiger partial charge >= 0.3 is 0 Å². The van der Waals surface area contributed by atoms with Gasteiger partial charge in [0.25, 0.3) is 0 Å². The number of hydrogen-bond donors (Lipinski definition) is 1. The minimum absolute atomic E-state index is 0.0565. The number of aryl methyl sites for hydroxylation is 1. The molecule has 0 radical (unpaired) electrons. The molecule has 2 heterocycles. The van der Waals surface area contributed by atoms with Crippen molar-refractivity contribution < 1.29 is 9.84 Å². The van der Waals surface area contributed by atoms with Crippen LogP contribution in [-0.4, -0.2) is 37.5 Å². The quantitative estimate of drug-likeness (QED) is 0.345. The highest BCUT2D eigenvalue weighted by Gasteiger charge is 2.53. The number of aliphatic hydroxyl groups excluding tert-OH is 1. The molecule has 0 bridgehead atoms. The summed E-state index contributed by atoms with van der Waals surface area (Å²) in [6.45, 7) is 14.0. The van der Waals surface area contributed by atoms with E-state index in [-0.39, 0.29) is 11.5 Å². The first-order valence-electron chi connectivity index (χ1n) is 15.6. The molecule has 2 aliphatic carbocycles. The zero-order chi connectivity index (χ0) is 26.2. The van der Waals surface area contributed by atoms with Crippen LogP contribution in [0.3, 0.4) is 0 Å².